The molecule has 0 unspecified atom stereocenters. The van der Waals surface area contributed by atoms with Crippen LogP contribution in [0.15, 0.2) is 67.3 Å². The summed E-state index contributed by atoms with van der Waals surface area (Å²) in [6.07, 6.45) is 3.76. The molecule has 2 nitrogen and oxygen atoms in total. The van der Waals surface area contributed by atoms with E-state index < -0.39 is 0 Å². The van der Waals surface area contributed by atoms with Crippen LogP contribution in [0.2, 0.25) is 0 Å². The molecule has 112 valence electrons. The fourth-order valence-electron chi connectivity index (χ4n) is 2.02. The van der Waals surface area contributed by atoms with Crippen molar-refractivity contribution in [2.45, 2.75) is 25.5 Å². The summed E-state index contributed by atoms with van der Waals surface area (Å²) in [5.74, 6) is 0.869. The monoisotopic (exact) mass is 303 g/mol. The lowest BCUT2D eigenvalue weighted by atomic mass is 10.0. The highest BCUT2D eigenvalue weighted by Gasteiger charge is 2.05. The van der Waals surface area contributed by atoms with E-state index in [1.807, 2.05) is 48.5 Å². The summed E-state index contributed by atoms with van der Waals surface area (Å²) in [5, 5.41) is 0. The standard InChI is InChI=1S/C18H21NO.ClH/c1-2-3-9-18(19)16-10-12-17(13-11-16)20-14-15-7-5-4-6-8-15;/h2,4-8,10-13,18H,1,3,9,14,19H2;1H/t18-;/m1./s1. The van der Waals surface area contributed by atoms with Crippen molar-refractivity contribution in [2.24, 2.45) is 5.73 Å². The summed E-state index contributed by atoms with van der Waals surface area (Å²) in [6.45, 7) is 4.30. The molecule has 0 saturated carbocycles. The van der Waals surface area contributed by atoms with Crippen molar-refractivity contribution in [1.82, 2.24) is 0 Å². The van der Waals surface area contributed by atoms with E-state index >= 15 is 0 Å². The number of nitrogens with two attached hydrogens (primary N) is 1. The van der Waals surface area contributed by atoms with E-state index in [-0.39, 0.29) is 18.4 Å². The fourth-order valence-corrected chi connectivity index (χ4v) is 2.02. The van der Waals surface area contributed by atoms with Crippen molar-refractivity contribution < 1.29 is 4.74 Å². The lowest BCUT2D eigenvalue weighted by Gasteiger charge is -2.12. The molecule has 0 bridgehead atoms. The van der Waals surface area contributed by atoms with Gasteiger partial charge >= 0.3 is 0 Å². The third-order valence-corrected chi connectivity index (χ3v) is 3.24. The van der Waals surface area contributed by atoms with Crippen molar-refractivity contribution in [3.8, 4) is 5.75 Å². The van der Waals surface area contributed by atoms with E-state index in [1.54, 1.807) is 0 Å². The van der Waals surface area contributed by atoms with Gasteiger partial charge in [0, 0.05) is 6.04 Å². The van der Waals surface area contributed by atoms with Crippen LogP contribution in [0.25, 0.3) is 0 Å². The average molecular weight is 304 g/mol. The number of allylic oxidation sites excluding steroid dienone is 1. The highest BCUT2D eigenvalue weighted by molar-refractivity contribution is 5.85. The van der Waals surface area contributed by atoms with Crippen molar-refractivity contribution in [3.05, 3.63) is 78.4 Å². The molecular formula is C18H22ClNO. The molecule has 2 rings (SSSR count). The van der Waals surface area contributed by atoms with Gasteiger partial charge in [-0.25, -0.2) is 0 Å². The first-order chi connectivity index (χ1) is 9.79. The maximum absolute atomic E-state index is 6.11. The Hall–Kier alpha value is -1.77. The van der Waals surface area contributed by atoms with Crippen LogP contribution in [0, 0.1) is 0 Å². The van der Waals surface area contributed by atoms with E-state index in [9.17, 15) is 0 Å². The maximum atomic E-state index is 6.11. The average Bonchev–Trinajstić information content (AvgIpc) is 2.52. The zero-order chi connectivity index (χ0) is 14.2. The molecular weight excluding hydrogens is 282 g/mol. The minimum Gasteiger partial charge on any atom is -0.489 e. The van der Waals surface area contributed by atoms with E-state index in [0.29, 0.717) is 6.61 Å². The first-order valence-electron chi connectivity index (χ1n) is 6.93. The van der Waals surface area contributed by atoms with Gasteiger partial charge in [0.25, 0.3) is 0 Å². The van der Waals surface area contributed by atoms with Crippen LogP contribution in [-0.4, -0.2) is 0 Å². The number of hydrogen-bond donors (Lipinski definition) is 1. The first-order valence-corrected chi connectivity index (χ1v) is 6.93. The van der Waals surface area contributed by atoms with Gasteiger partial charge in [0.15, 0.2) is 0 Å². The molecule has 0 fully saturated rings. The molecule has 0 heterocycles. The largest absolute Gasteiger partial charge is 0.489 e. The molecule has 1 atom stereocenters. The highest BCUT2D eigenvalue weighted by atomic mass is 35.5. The second-order valence-electron chi connectivity index (χ2n) is 4.82. The van der Waals surface area contributed by atoms with Crippen LogP contribution in [-0.2, 0) is 6.61 Å². The van der Waals surface area contributed by atoms with Crippen LogP contribution in [0.5, 0.6) is 5.75 Å². The van der Waals surface area contributed by atoms with Gasteiger partial charge in [0.1, 0.15) is 12.4 Å². The Balaban J connectivity index is 0.00000220. The number of ether oxygens (including phenoxy) is 1. The molecule has 3 heteroatoms. The van der Waals surface area contributed by atoms with Crippen LogP contribution in [0.3, 0.4) is 0 Å². The lowest BCUT2D eigenvalue weighted by Crippen LogP contribution is -2.09. The van der Waals surface area contributed by atoms with E-state index in [2.05, 4.69) is 18.7 Å². The van der Waals surface area contributed by atoms with Gasteiger partial charge in [0.05, 0.1) is 0 Å². The zero-order valence-corrected chi connectivity index (χ0v) is 12.9. The highest BCUT2D eigenvalue weighted by Crippen LogP contribution is 2.20. The lowest BCUT2D eigenvalue weighted by molar-refractivity contribution is 0.306. The summed E-state index contributed by atoms with van der Waals surface area (Å²) in [4.78, 5) is 0. The molecule has 0 aliphatic carbocycles. The number of halogens is 1. The summed E-state index contributed by atoms with van der Waals surface area (Å²) in [7, 11) is 0. The van der Waals surface area contributed by atoms with Gasteiger partial charge in [-0.1, -0.05) is 48.5 Å². The molecule has 2 N–H and O–H groups in total. The minimum atomic E-state index is 0. The number of benzene rings is 2. The maximum Gasteiger partial charge on any atom is 0.119 e. The van der Waals surface area contributed by atoms with E-state index in [0.717, 1.165) is 24.2 Å². The quantitative estimate of drug-likeness (QED) is 0.755. The Morgan fingerprint density at radius 3 is 2.33 bits per heavy atom. The van der Waals surface area contributed by atoms with E-state index in [4.69, 9.17) is 10.5 Å². The molecule has 0 aromatic heterocycles. The molecule has 2 aromatic rings. The molecule has 0 saturated heterocycles. The van der Waals surface area contributed by atoms with Crippen molar-refractivity contribution in [2.75, 3.05) is 0 Å². The van der Waals surface area contributed by atoms with Gasteiger partial charge in [-0.15, -0.1) is 19.0 Å². The van der Waals surface area contributed by atoms with E-state index in [1.165, 1.54) is 5.56 Å². The van der Waals surface area contributed by atoms with Gasteiger partial charge < -0.3 is 10.5 Å². The SMILES string of the molecule is C=CCC[C@@H](N)c1ccc(OCc2ccccc2)cc1.Cl. The first kappa shape index (κ1) is 17.3. The third-order valence-electron chi connectivity index (χ3n) is 3.24. The Kier molecular flexibility index (Phi) is 7.59. The van der Waals surface area contributed by atoms with Crippen LogP contribution >= 0.6 is 12.4 Å². The van der Waals surface area contributed by atoms with Crippen molar-refractivity contribution in [3.63, 3.8) is 0 Å². The predicted octanol–water partition coefficient (Wildman–Crippen LogP) is 4.65. The van der Waals surface area contributed by atoms with Crippen molar-refractivity contribution >= 4 is 12.4 Å². The van der Waals surface area contributed by atoms with Gasteiger partial charge in [-0.3, -0.25) is 0 Å². The summed E-state index contributed by atoms with van der Waals surface area (Å²) >= 11 is 0. The smallest absolute Gasteiger partial charge is 0.119 e. The topological polar surface area (TPSA) is 35.2 Å². The normalized spacial score (nSPS) is 11.3. The third kappa shape index (κ3) is 5.62. The zero-order valence-electron chi connectivity index (χ0n) is 12.1. The van der Waals surface area contributed by atoms with Crippen molar-refractivity contribution in [1.29, 1.82) is 0 Å². The molecule has 21 heavy (non-hydrogen) atoms. The van der Waals surface area contributed by atoms with Crippen LogP contribution in [0.1, 0.15) is 30.0 Å². The minimum absolute atomic E-state index is 0. The van der Waals surface area contributed by atoms with Crippen LogP contribution in [0.4, 0.5) is 0 Å². The fraction of sp³-hybridized carbons (Fsp3) is 0.222. The molecule has 0 spiro atoms. The molecule has 0 radical (unpaired) electrons. The number of hydrogen-bond acceptors (Lipinski definition) is 2. The Labute approximate surface area is 133 Å². The second kappa shape index (κ2) is 9.22. The summed E-state index contributed by atoms with van der Waals surface area (Å²) < 4.78 is 5.75. The molecule has 2 aromatic carbocycles. The Bertz CT molecular complexity index is 525. The van der Waals surface area contributed by atoms with Crippen LogP contribution < -0.4 is 10.5 Å². The van der Waals surface area contributed by atoms with Gasteiger partial charge in [0.2, 0.25) is 0 Å². The van der Waals surface area contributed by atoms with Gasteiger partial charge in [-0.05, 0) is 36.1 Å². The molecule has 0 aliphatic heterocycles. The second-order valence-corrected chi connectivity index (χ2v) is 4.82. The Morgan fingerprint density at radius 1 is 1.05 bits per heavy atom. The Morgan fingerprint density at radius 2 is 1.71 bits per heavy atom. The summed E-state index contributed by atoms with van der Waals surface area (Å²) in [6, 6.07) is 18.2. The van der Waals surface area contributed by atoms with Gasteiger partial charge in [-0.2, -0.15) is 0 Å². The summed E-state index contributed by atoms with van der Waals surface area (Å²) in [5.41, 5.74) is 8.41. The molecule has 0 aliphatic rings. The number of rotatable bonds is 7. The molecule has 0 amide bonds. The predicted molar refractivity (Wildman–Crippen MR) is 90.8 cm³/mol.